The summed E-state index contributed by atoms with van der Waals surface area (Å²) in [6.07, 6.45) is 4.76. The Hall–Kier alpha value is -3.05. The molecule has 1 aromatic heterocycles. The predicted molar refractivity (Wildman–Crippen MR) is 144 cm³/mol. The molecule has 3 N–H and O–H groups in total. The van der Waals surface area contributed by atoms with Gasteiger partial charge in [0.2, 0.25) is 5.91 Å². The van der Waals surface area contributed by atoms with Gasteiger partial charge in [0.1, 0.15) is 24.0 Å². The van der Waals surface area contributed by atoms with Crippen LogP contribution in [0.3, 0.4) is 0 Å². The number of urea groups is 1. The number of carbonyl (C=O) groups is 3. The van der Waals surface area contributed by atoms with Crippen LogP contribution in [0.2, 0.25) is 0 Å². The molecule has 1 atom stereocenters. The summed E-state index contributed by atoms with van der Waals surface area (Å²) in [4.78, 5) is 40.1. The minimum atomic E-state index is -4.52. The van der Waals surface area contributed by atoms with E-state index >= 15 is 0 Å². The maximum absolute atomic E-state index is 12.7. The maximum Gasteiger partial charge on any atom is 0.410 e. The molecular weight excluding hydrogens is 515 g/mol. The fraction of sp³-hybridized carbons (Fsp3) is 0.704. The van der Waals surface area contributed by atoms with E-state index in [0.717, 1.165) is 10.8 Å². The average Bonchev–Trinajstić information content (AvgIpc) is 3.19. The topological polar surface area (TPSA) is 113 Å². The number of alkyl halides is 3. The van der Waals surface area contributed by atoms with Gasteiger partial charge < -0.3 is 25.6 Å². The molecule has 2 heterocycles. The third-order valence-electron chi connectivity index (χ3n) is 5.53. The Morgan fingerprint density at radius 3 is 2.26 bits per heavy atom. The van der Waals surface area contributed by atoms with Crippen LogP contribution < -0.4 is 16.0 Å². The van der Waals surface area contributed by atoms with E-state index in [2.05, 4.69) is 36.4 Å². The lowest BCUT2D eigenvalue weighted by Gasteiger charge is -2.19. The number of anilines is 1. The number of aromatic nitrogens is 1. The molecule has 0 radical (unpaired) electrons. The van der Waals surface area contributed by atoms with Gasteiger partial charge in [-0.1, -0.05) is 59.3 Å². The Morgan fingerprint density at radius 2 is 1.77 bits per heavy atom. The van der Waals surface area contributed by atoms with Crippen molar-refractivity contribution in [1.29, 1.82) is 0 Å². The number of nitrogens with one attached hydrogen (secondary N) is 3. The van der Waals surface area contributed by atoms with E-state index in [4.69, 9.17) is 4.74 Å². The molecule has 0 bridgehead atoms. The number of nitrogens with zero attached hydrogens (tertiary/aromatic N) is 2. The molecule has 1 aliphatic heterocycles. The Morgan fingerprint density at radius 1 is 1.15 bits per heavy atom. The second kappa shape index (κ2) is 16.1. The van der Waals surface area contributed by atoms with Gasteiger partial charge in [-0.25, -0.2) is 14.6 Å². The molecule has 1 aliphatic carbocycles. The fourth-order valence-electron chi connectivity index (χ4n) is 3.73. The van der Waals surface area contributed by atoms with Crippen molar-refractivity contribution < 1.29 is 32.3 Å². The minimum Gasteiger partial charge on any atom is -0.444 e. The quantitative estimate of drug-likeness (QED) is 0.409. The van der Waals surface area contributed by atoms with E-state index in [1.165, 1.54) is 56.9 Å². The lowest BCUT2D eigenvalue weighted by Crippen LogP contribution is -2.40. The van der Waals surface area contributed by atoms with Crippen molar-refractivity contribution in [3.05, 3.63) is 23.9 Å². The number of pyridine rings is 1. The SMILES string of the molecule is CC(C)(C)OC(=O)NCC(=O)Nc1cc(CN2C[C@@H](C(F)(F)F)NC2=O)ccn1.CC1CCCCC1.CCC. The average molecular weight is 560 g/mol. The zero-order valence-corrected chi connectivity index (χ0v) is 23.9. The van der Waals surface area contributed by atoms with E-state index in [9.17, 15) is 27.6 Å². The summed E-state index contributed by atoms with van der Waals surface area (Å²) in [5, 5.41) is 6.62. The molecule has 1 saturated carbocycles. The van der Waals surface area contributed by atoms with Gasteiger partial charge in [-0.2, -0.15) is 13.2 Å². The van der Waals surface area contributed by atoms with E-state index in [1.54, 1.807) is 20.8 Å². The number of carbonyl (C=O) groups excluding carboxylic acids is 3. The molecule has 39 heavy (non-hydrogen) atoms. The van der Waals surface area contributed by atoms with Crippen molar-refractivity contribution in [3.8, 4) is 0 Å². The highest BCUT2D eigenvalue weighted by Gasteiger charge is 2.46. The van der Waals surface area contributed by atoms with Crippen LogP contribution >= 0.6 is 0 Å². The van der Waals surface area contributed by atoms with Crippen molar-refractivity contribution in [3.63, 3.8) is 0 Å². The Labute approximate surface area is 229 Å². The second-order valence-electron chi connectivity index (χ2n) is 10.8. The first-order valence-electron chi connectivity index (χ1n) is 13.5. The minimum absolute atomic E-state index is 0.0834. The van der Waals surface area contributed by atoms with Gasteiger partial charge in [0.05, 0.1) is 6.54 Å². The van der Waals surface area contributed by atoms with Gasteiger partial charge in [-0.3, -0.25) is 4.79 Å². The molecule has 0 aromatic carbocycles. The smallest absolute Gasteiger partial charge is 0.410 e. The van der Waals surface area contributed by atoms with Crippen LogP contribution in [-0.2, 0) is 16.1 Å². The first-order valence-corrected chi connectivity index (χ1v) is 13.5. The summed E-state index contributed by atoms with van der Waals surface area (Å²) in [6, 6.07) is 0.203. The highest BCUT2D eigenvalue weighted by molar-refractivity contribution is 5.93. The van der Waals surface area contributed by atoms with Crippen LogP contribution in [0.5, 0.6) is 0 Å². The molecule has 2 aliphatic rings. The zero-order chi connectivity index (χ0) is 29.6. The zero-order valence-electron chi connectivity index (χ0n) is 23.9. The molecule has 0 unspecified atom stereocenters. The molecule has 0 spiro atoms. The van der Waals surface area contributed by atoms with Crippen LogP contribution in [0, 0.1) is 5.92 Å². The summed E-state index contributed by atoms with van der Waals surface area (Å²) in [6.45, 7) is 10.7. The van der Waals surface area contributed by atoms with Crippen LogP contribution in [0.15, 0.2) is 18.3 Å². The third-order valence-corrected chi connectivity index (χ3v) is 5.53. The van der Waals surface area contributed by atoms with Crippen molar-refractivity contribution in [2.45, 2.75) is 104 Å². The number of alkyl carbamates (subject to hydrolysis) is 1. The summed E-state index contributed by atoms with van der Waals surface area (Å²) in [5.74, 6) is 0.593. The number of hydrogen-bond donors (Lipinski definition) is 3. The summed E-state index contributed by atoms with van der Waals surface area (Å²) >= 11 is 0. The second-order valence-corrected chi connectivity index (χ2v) is 10.8. The number of hydrogen-bond acceptors (Lipinski definition) is 5. The van der Waals surface area contributed by atoms with Crippen LogP contribution in [0.4, 0.5) is 28.6 Å². The van der Waals surface area contributed by atoms with Crippen LogP contribution in [-0.4, -0.2) is 58.8 Å². The molecule has 1 aromatic rings. The van der Waals surface area contributed by atoms with E-state index < -0.39 is 42.4 Å². The van der Waals surface area contributed by atoms with Crippen molar-refractivity contribution >= 4 is 23.8 Å². The van der Waals surface area contributed by atoms with Crippen LogP contribution in [0.25, 0.3) is 0 Å². The van der Waals surface area contributed by atoms with Crippen molar-refractivity contribution in [1.82, 2.24) is 20.5 Å². The number of ether oxygens (including phenoxy) is 1. The Bertz CT molecular complexity index is 915. The monoisotopic (exact) mass is 559 g/mol. The van der Waals surface area contributed by atoms with Gasteiger partial charge >= 0.3 is 18.3 Å². The summed E-state index contributed by atoms with van der Waals surface area (Å²) < 4.78 is 43.2. The van der Waals surface area contributed by atoms with Gasteiger partial charge in [0, 0.05) is 12.7 Å². The fourth-order valence-corrected chi connectivity index (χ4v) is 3.73. The molecule has 3 rings (SSSR count). The van der Waals surface area contributed by atoms with E-state index in [1.807, 2.05) is 5.32 Å². The largest absolute Gasteiger partial charge is 0.444 e. The number of halogens is 3. The number of rotatable bonds is 5. The third kappa shape index (κ3) is 14.6. The first kappa shape index (κ1) is 34.0. The van der Waals surface area contributed by atoms with E-state index in [-0.39, 0.29) is 18.9 Å². The highest BCUT2D eigenvalue weighted by Crippen LogP contribution is 2.25. The van der Waals surface area contributed by atoms with Crippen molar-refractivity contribution in [2.75, 3.05) is 18.4 Å². The maximum atomic E-state index is 12.7. The Kier molecular flexibility index (Phi) is 14.1. The molecule has 12 heteroatoms. The molecular formula is C27H44F3N5O4. The predicted octanol–water partition coefficient (Wildman–Crippen LogP) is 6.00. The lowest BCUT2D eigenvalue weighted by atomic mass is 9.91. The van der Waals surface area contributed by atoms with Gasteiger partial charge in [0.25, 0.3) is 0 Å². The molecule has 9 nitrogen and oxygen atoms in total. The number of amides is 4. The summed E-state index contributed by atoms with van der Waals surface area (Å²) in [7, 11) is 0. The van der Waals surface area contributed by atoms with Gasteiger partial charge in [-0.05, 0) is 44.4 Å². The standard InChI is InChI=1S/C17H22F3N5O4.C7H14.C3H8/c1-16(2,3)29-15(28)22-7-13(26)24-12-6-10(4-5-21-12)8-25-9-11(17(18,19)20)23-14(25)27;1-7-5-3-2-4-6-7;1-3-2/h4-6,11H,7-9H2,1-3H3,(H,22,28)(H,23,27)(H,21,24,26);7H,2-6H2,1H3;3H2,1-2H3/t11-;;/m0../s1. The van der Waals surface area contributed by atoms with Gasteiger partial charge in [0.15, 0.2) is 0 Å². The molecule has 4 amide bonds. The lowest BCUT2D eigenvalue weighted by molar-refractivity contribution is -0.149. The molecule has 1 saturated heterocycles. The van der Waals surface area contributed by atoms with E-state index in [0.29, 0.717) is 5.56 Å². The highest BCUT2D eigenvalue weighted by atomic mass is 19.4. The summed E-state index contributed by atoms with van der Waals surface area (Å²) in [5.41, 5.74) is -0.225. The molecule has 2 fully saturated rings. The first-order chi connectivity index (χ1) is 18.1. The van der Waals surface area contributed by atoms with Gasteiger partial charge in [-0.15, -0.1) is 0 Å². The van der Waals surface area contributed by atoms with Crippen LogP contribution in [0.1, 0.15) is 85.6 Å². The van der Waals surface area contributed by atoms with Crippen molar-refractivity contribution in [2.24, 2.45) is 5.92 Å². The normalized spacial score (nSPS) is 17.6. The molecule has 222 valence electrons. The Balaban J connectivity index is 0.000000638.